The van der Waals surface area contributed by atoms with E-state index in [1.54, 1.807) is 18.2 Å². The molecule has 2 aliphatic carbocycles. The highest BCUT2D eigenvalue weighted by Crippen LogP contribution is 2.46. The number of sulfonamides is 1. The highest BCUT2D eigenvalue weighted by molar-refractivity contribution is 9.10. The average Bonchev–Trinajstić information content (AvgIpc) is 3.21. The molecule has 8 nitrogen and oxygen atoms in total. The number of fused-ring (bicyclic) bond motifs is 4. The van der Waals surface area contributed by atoms with Gasteiger partial charge >= 0.3 is 0 Å². The van der Waals surface area contributed by atoms with Crippen LogP contribution in [0.15, 0.2) is 77.3 Å². The van der Waals surface area contributed by atoms with Crippen molar-refractivity contribution in [3.63, 3.8) is 0 Å². The zero-order valence-electron chi connectivity index (χ0n) is 27.3. The topological polar surface area (TPSA) is 105 Å². The van der Waals surface area contributed by atoms with E-state index < -0.39 is 27.3 Å². The molecule has 3 aromatic carbocycles. The van der Waals surface area contributed by atoms with E-state index in [9.17, 15) is 18.3 Å². The van der Waals surface area contributed by atoms with E-state index in [1.165, 1.54) is 11.1 Å². The lowest BCUT2D eigenvalue weighted by molar-refractivity contribution is 0.0456. The summed E-state index contributed by atoms with van der Waals surface area (Å²) in [5, 5.41) is 11.1. The Morgan fingerprint density at radius 2 is 1.92 bits per heavy atom. The summed E-state index contributed by atoms with van der Waals surface area (Å²) in [6.07, 6.45) is 8.85. The van der Waals surface area contributed by atoms with Gasteiger partial charge in [-0.1, -0.05) is 45.7 Å². The van der Waals surface area contributed by atoms with Gasteiger partial charge in [0.2, 0.25) is 10.0 Å². The monoisotopic (exact) mass is 768 g/mol. The fourth-order valence-corrected chi connectivity index (χ4v) is 9.89. The van der Waals surface area contributed by atoms with Crippen LogP contribution in [0.4, 0.5) is 5.69 Å². The summed E-state index contributed by atoms with van der Waals surface area (Å²) in [5.41, 5.74) is 3.23. The van der Waals surface area contributed by atoms with Crippen LogP contribution in [0, 0.1) is 11.8 Å². The maximum Gasteiger partial charge on any atom is 0.264 e. The molecule has 0 unspecified atom stereocenters. The lowest BCUT2D eigenvalue weighted by Gasteiger charge is -2.45. The third kappa shape index (κ3) is 7.39. The van der Waals surface area contributed by atoms with Gasteiger partial charge in [0.05, 0.1) is 30.3 Å². The Balaban J connectivity index is 1.20. The Kier molecular flexibility index (Phi) is 10.0. The molecule has 1 saturated carbocycles. The second-order valence-electron chi connectivity index (χ2n) is 14.0. The second kappa shape index (κ2) is 14.3. The van der Waals surface area contributed by atoms with Crippen LogP contribution >= 0.6 is 27.5 Å². The smallest absolute Gasteiger partial charge is 0.264 e. The molecular formula is C38H42BrClN2O6S. The number of nitrogens with zero attached hydrogens (tertiary/aromatic N) is 1. The molecule has 2 heterocycles. The lowest BCUT2D eigenvalue weighted by atomic mass is 9.68. The first-order valence-corrected chi connectivity index (χ1v) is 19.9. The summed E-state index contributed by atoms with van der Waals surface area (Å²) >= 11 is 9.83. The quantitative estimate of drug-likeness (QED) is 0.271. The summed E-state index contributed by atoms with van der Waals surface area (Å²) in [6.45, 7) is 2.02. The van der Waals surface area contributed by atoms with Crippen molar-refractivity contribution in [2.45, 2.75) is 68.1 Å². The Morgan fingerprint density at radius 3 is 2.71 bits per heavy atom. The first kappa shape index (κ1) is 34.4. The molecule has 3 aromatic rings. The largest absolute Gasteiger partial charge is 0.494 e. The van der Waals surface area contributed by atoms with Gasteiger partial charge in [-0.25, -0.2) is 13.1 Å². The SMILES string of the molecule is O=C1NS(=O)(=O)[C@H](CCOc2ccc(Br)cc2)CC/C=C/[C@H](O)[C@@H]2CC[C@H]2CN2C[C@@]3(CCCc4cc(Cl)ccc43)COc3ccc1cc32. The molecule has 5 atom stereocenters. The number of aliphatic hydroxyl groups is 1. The van der Waals surface area contributed by atoms with Crippen LogP contribution in [-0.2, 0) is 21.9 Å². The van der Waals surface area contributed by atoms with Crippen LogP contribution in [0.1, 0.15) is 66.4 Å². The molecule has 4 aliphatic rings. The number of hydrogen-bond donors (Lipinski definition) is 2. The number of amides is 1. The molecule has 0 saturated heterocycles. The molecule has 7 rings (SSSR count). The van der Waals surface area contributed by atoms with Gasteiger partial charge in [-0.05, 0) is 129 Å². The standard InChI is InChI=1S/C38H42BrClN2O6S/c39-28-9-12-30(13-10-28)47-19-17-31-5-1-2-6-35(43)32-14-7-27(32)22-42-23-38(18-3-4-25-20-29(40)11-15-33(25)38)24-48-36-16-8-26(21-34(36)42)37(44)41-49(31,45)46/h2,6,8-13,15-16,20-21,27,31-32,35,43H,1,3-5,7,14,17-19,22-24H2,(H,41,44)/b6-2+/t27-,31-,32+,35-,38-/m0/s1. The van der Waals surface area contributed by atoms with Gasteiger partial charge in [-0.15, -0.1) is 0 Å². The van der Waals surface area contributed by atoms with E-state index in [1.807, 2.05) is 42.5 Å². The molecule has 0 aromatic heterocycles. The first-order chi connectivity index (χ1) is 23.6. The molecule has 260 valence electrons. The second-order valence-corrected chi connectivity index (χ2v) is 17.3. The number of anilines is 1. The van der Waals surface area contributed by atoms with Crippen LogP contribution in [0.2, 0.25) is 5.02 Å². The van der Waals surface area contributed by atoms with Crippen molar-refractivity contribution < 1.29 is 27.8 Å². The molecule has 11 heteroatoms. The normalized spacial score (nSPS) is 28.6. The lowest BCUT2D eigenvalue weighted by Crippen LogP contribution is -2.49. The van der Waals surface area contributed by atoms with Gasteiger partial charge in [0, 0.05) is 33.6 Å². The van der Waals surface area contributed by atoms with Gasteiger partial charge in [-0.2, -0.15) is 0 Å². The molecular weight excluding hydrogens is 728 g/mol. The van der Waals surface area contributed by atoms with Crippen LogP contribution < -0.4 is 19.1 Å². The Bertz CT molecular complexity index is 1840. The van der Waals surface area contributed by atoms with Gasteiger partial charge in [-0.3, -0.25) is 4.79 Å². The number of carbonyl (C=O) groups is 1. The van der Waals surface area contributed by atoms with Gasteiger partial charge in [0.25, 0.3) is 5.91 Å². The van der Waals surface area contributed by atoms with Crippen LogP contribution in [0.3, 0.4) is 0 Å². The summed E-state index contributed by atoms with van der Waals surface area (Å²) < 4.78 is 43.2. The summed E-state index contributed by atoms with van der Waals surface area (Å²) in [5.74, 6) is 0.978. The molecule has 0 radical (unpaired) electrons. The van der Waals surface area contributed by atoms with E-state index in [2.05, 4.69) is 37.7 Å². The number of aryl methyl sites for hydroxylation is 1. The van der Waals surface area contributed by atoms with E-state index in [-0.39, 0.29) is 42.3 Å². The minimum absolute atomic E-state index is 0.0931. The third-order valence-corrected chi connectivity index (χ3v) is 13.4. The zero-order valence-corrected chi connectivity index (χ0v) is 30.5. The Morgan fingerprint density at radius 1 is 1.08 bits per heavy atom. The molecule has 2 N–H and O–H groups in total. The average molecular weight is 770 g/mol. The summed E-state index contributed by atoms with van der Waals surface area (Å²) in [7, 11) is -4.07. The van der Waals surface area contributed by atoms with Crippen LogP contribution in [0.25, 0.3) is 0 Å². The minimum atomic E-state index is -4.07. The van der Waals surface area contributed by atoms with Gasteiger partial charge < -0.3 is 19.5 Å². The van der Waals surface area contributed by atoms with Crippen molar-refractivity contribution in [2.75, 3.05) is 31.2 Å². The van der Waals surface area contributed by atoms with Gasteiger partial charge in [0.1, 0.15) is 11.5 Å². The van der Waals surface area contributed by atoms with Gasteiger partial charge in [0.15, 0.2) is 0 Å². The zero-order chi connectivity index (χ0) is 34.2. The molecule has 49 heavy (non-hydrogen) atoms. The summed E-state index contributed by atoms with van der Waals surface area (Å²) in [6, 6.07) is 18.7. The fraction of sp³-hybridized carbons (Fsp3) is 0.447. The number of benzene rings is 3. The molecule has 2 bridgehead atoms. The van der Waals surface area contributed by atoms with Crippen LogP contribution in [0.5, 0.6) is 11.5 Å². The van der Waals surface area contributed by atoms with Crippen molar-refractivity contribution in [2.24, 2.45) is 11.8 Å². The molecule has 1 fully saturated rings. The summed E-state index contributed by atoms with van der Waals surface area (Å²) in [4.78, 5) is 16.0. The van der Waals surface area contributed by atoms with Crippen molar-refractivity contribution in [1.82, 2.24) is 4.72 Å². The third-order valence-electron chi connectivity index (χ3n) is 10.9. The maximum absolute atomic E-state index is 13.7. The predicted octanol–water partition coefficient (Wildman–Crippen LogP) is 7.21. The number of nitrogens with one attached hydrogen (secondary N) is 1. The van der Waals surface area contributed by atoms with Crippen molar-refractivity contribution >= 4 is 49.1 Å². The Hall–Kier alpha value is -3.05. The van der Waals surface area contributed by atoms with Crippen LogP contribution in [-0.4, -0.2) is 57.1 Å². The van der Waals surface area contributed by atoms with E-state index in [0.717, 1.165) is 47.3 Å². The maximum atomic E-state index is 13.7. The molecule has 1 amide bonds. The minimum Gasteiger partial charge on any atom is -0.494 e. The number of carbonyl (C=O) groups excluding carboxylic acids is 1. The number of allylic oxidation sites excluding steroid dienone is 1. The number of aliphatic hydroxyl groups excluding tert-OH is 1. The Labute approximate surface area is 302 Å². The molecule has 2 aliphatic heterocycles. The number of halogens is 2. The number of rotatable bonds is 4. The number of hydrogen-bond acceptors (Lipinski definition) is 7. The van der Waals surface area contributed by atoms with E-state index >= 15 is 0 Å². The van der Waals surface area contributed by atoms with E-state index in [0.29, 0.717) is 37.6 Å². The van der Waals surface area contributed by atoms with E-state index in [4.69, 9.17) is 21.1 Å². The van der Waals surface area contributed by atoms with Crippen molar-refractivity contribution in [1.29, 1.82) is 0 Å². The van der Waals surface area contributed by atoms with Crippen molar-refractivity contribution in [3.8, 4) is 11.5 Å². The highest BCUT2D eigenvalue weighted by Gasteiger charge is 2.44. The first-order valence-electron chi connectivity index (χ1n) is 17.2. The number of ether oxygens (including phenoxy) is 2. The van der Waals surface area contributed by atoms with Crippen molar-refractivity contribution in [3.05, 3.63) is 99.0 Å². The molecule has 1 spiro atoms. The predicted molar refractivity (Wildman–Crippen MR) is 195 cm³/mol. The highest BCUT2D eigenvalue weighted by atomic mass is 79.9. The fourth-order valence-electron chi connectivity index (χ4n) is 8.04.